The van der Waals surface area contributed by atoms with Gasteiger partial charge in [-0.2, -0.15) is 0 Å². The summed E-state index contributed by atoms with van der Waals surface area (Å²) in [6.07, 6.45) is 0.764. The number of phenols is 1. The monoisotopic (exact) mass is 225 g/mol. The number of aldehydes is 1. The Kier molecular flexibility index (Phi) is 2.73. The van der Waals surface area contributed by atoms with E-state index in [2.05, 4.69) is 4.99 Å². The number of hydrogen-bond acceptors (Lipinski definition) is 4. The maximum absolute atomic E-state index is 12.7. The van der Waals surface area contributed by atoms with Gasteiger partial charge < -0.3 is 9.90 Å². The molecule has 0 fully saturated rings. The Morgan fingerprint density at radius 1 is 1.60 bits per heavy atom. The van der Waals surface area contributed by atoms with Crippen LogP contribution in [0.15, 0.2) is 23.2 Å². The highest BCUT2D eigenvalue weighted by Gasteiger charge is 2.20. The molecule has 0 aliphatic carbocycles. The van der Waals surface area contributed by atoms with Crippen molar-refractivity contribution in [2.75, 3.05) is 5.75 Å². The fraction of sp³-hybridized carbons (Fsp3) is 0.200. The minimum absolute atomic E-state index is 0.146. The Bertz CT molecular complexity index is 433. The third-order valence-corrected chi connectivity index (χ3v) is 3.13. The Labute approximate surface area is 90.0 Å². The number of carbonyl (C=O) groups excluding carboxylic acids is 1. The van der Waals surface area contributed by atoms with Crippen LogP contribution in [0.5, 0.6) is 5.75 Å². The van der Waals surface area contributed by atoms with Crippen molar-refractivity contribution in [2.45, 2.75) is 6.04 Å². The predicted octanol–water partition coefficient (Wildman–Crippen LogP) is 1.59. The lowest BCUT2D eigenvalue weighted by atomic mass is 10.2. The third-order valence-electron chi connectivity index (χ3n) is 2.02. The summed E-state index contributed by atoms with van der Waals surface area (Å²) in [7, 11) is 0. The summed E-state index contributed by atoms with van der Waals surface area (Å²) < 4.78 is 12.7. The molecule has 0 saturated heterocycles. The molecular formula is C10H8FNO2S. The van der Waals surface area contributed by atoms with E-state index in [-0.39, 0.29) is 11.8 Å². The molecule has 0 aromatic heterocycles. The third kappa shape index (κ3) is 2.02. The van der Waals surface area contributed by atoms with E-state index in [1.165, 1.54) is 23.9 Å². The minimum Gasteiger partial charge on any atom is -0.507 e. The molecule has 2 rings (SSSR count). The summed E-state index contributed by atoms with van der Waals surface area (Å²) in [5.74, 6) is -0.0603. The van der Waals surface area contributed by atoms with Crippen LogP contribution in [0.3, 0.4) is 0 Å². The van der Waals surface area contributed by atoms with E-state index in [0.717, 1.165) is 12.4 Å². The lowest BCUT2D eigenvalue weighted by molar-refractivity contribution is -0.108. The number of benzene rings is 1. The topological polar surface area (TPSA) is 49.7 Å². The summed E-state index contributed by atoms with van der Waals surface area (Å²) in [5.41, 5.74) is 0.478. The molecule has 0 spiro atoms. The van der Waals surface area contributed by atoms with E-state index in [9.17, 15) is 14.3 Å². The minimum atomic E-state index is -0.494. The van der Waals surface area contributed by atoms with Gasteiger partial charge in [0.1, 0.15) is 28.9 Å². The van der Waals surface area contributed by atoms with Crippen LogP contribution < -0.4 is 0 Å². The number of hydrogen-bond donors (Lipinski definition) is 1. The van der Waals surface area contributed by atoms with Crippen LogP contribution in [0.25, 0.3) is 0 Å². The number of carbonyl (C=O) groups is 1. The molecule has 0 bridgehead atoms. The van der Waals surface area contributed by atoms with Gasteiger partial charge in [-0.15, -0.1) is 11.8 Å². The summed E-state index contributed by atoms with van der Waals surface area (Å²) in [4.78, 5) is 14.6. The number of aromatic hydroxyl groups is 1. The zero-order valence-electron chi connectivity index (χ0n) is 7.68. The van der Waals surface area contributed by atoms with Crippen LogP contribution in [0.1, 0.15) is 5.56 Å². The molecule has 78 valence electrons. The van der Waals surface area contributed by atoms with E-state index in [1.54, 1.807) is 0 Å². The first-order valence-corrected chi connectivity index (χ1v) is 5.34. The van der Waals surface area contributed by atoms with Crippen molar-refractivity contribution in [3.8, 4) is 5.75 Å². The maximum Gasteiger partial charge on any atom is 0.145 e. The Balaban J connectivity index is 2.34. The van der Waals surface area contributed by atoms with Crippen molar-refractivity contribution < 1.29 is 14.3 Å². The van der Waals surface area contributed by atoms with Gasteiger partial charge in [-0.3, -0.25) is 4.99 Å². The van der Waals surface area contributed by atoms with Gasteiger partial charge >= 0.3 is 0 Å². The maximum atomic E-state index is 12.7. The molecule has 0 radical (unpaired) electrons. The van der Waals surface area contributed by atoms with Crippen LogP contribution in [-0.2, 0) is 4.79 Å². The number of halogens is 1. The molecule has 1 unspecified atom stereocenters. The second-order valence-corrected chi connectivity index (χ2v) is 4.12. The molecule has 1 aromatic rings. The van der Waals surface area contributed by atoms with Gasteiger partial charge in [-0.05, 0) is 12.1 Å². The van der Waals surface area contributed by atoms with E-state index in [1.807, 2.05) is 0 Å². The van der Waals surface area contributed by atoms with E-state index < -0.39 is 5.82 Å². The molecule has 1 heterocycles. The molecule has 3 nitrogen and oxygen atoms in total. The van der Waals surface area contributed by atoms with Crippen LogP contribution in [-0.4, -0.2) is 28.2 Å². The highest BCUT2D eigenvalue weighted by atomic mass is 32.2. The normalized spacial score (nSPS) is 20.1. The second-order valence-electron chi connectivity index (χ2n) is 3.11. The second kappa shape index (κ2) is 4.02. The van der Waals surface area contributed by atoms with Crippen LogP contribution >= 0.6 is 11.8 Å². The predicted molar refractivity (Wildman–Crippen MR) is 56.9 cm³/mol. The molecule has 1 N–H and O–H groups in total. The fourth-order valence-electron chi connectivity index (χ4n) is 1.29. The first kappa shape index (κ1) is 10.2. The van der Waals surface area contributed by atoms with Gasteiger partial charge in [0.25, 0.3) is 0 Å². The van der Waals surface area contributed by atoms with Crippen LogP contribution in [0, 0.1) is 5.82 Å². The van der Waals surface area contributed by atoms with Crippen LogP contribution in [0.4, 0.5) is 4.39 Å². The first-order valence-electron chi connectivity index (χ1n) is 4.35. The summed E-state index contributed by atoms with van der Waals surface area (Å²) in [6, 6.07) is 3.40. The van der Waals surface area contributed by atoms with Crippen molar-refractivity contribution in [1.82, 2.24) is 0 Å². The quantitative estimate of drug-likeness (QED) is 0.777. The highest BCUT2D eigenvalue weighted by molar-refractivity contribution is 8.14. The first-order chi connectivity index (χ1) is 7.20. The van der Waals surface area contributed by atoms with Gasteiger partial charge in [-0.1, -0.05) is 0 Å². The largest absolute Gasteiger partial charge is 0.507 e. The lowest BCUT2D eigenvalue weighted by Crippen LogP contribution is -2.03. The standard InChI is InChI=1S/C10H8FNO2S/c11-6-1-2-8(9(14)3-6)10-12-7(4-13)5-15-10/h1-4,7,14H,5H2. The van der Waals surface area contributed by atoms with Crippen molar-refractivity contribution in [3.05, 3.63) is 29.6 Å². The highest BCUT2D eigenvalue weighted by Crippen LogP contribution is 2.28. The average Bonchev–Trinajstić information content (AvgIpc) is 2.66. The molecule has 1 aliphatic rings. The smallest absolute Gasteiger partial charge is 0.145 e. The molecule has 5 heteroatoms. The van der Waals surface area contributed by atoms with E-state index >= 15 is 0 Å². The molecule has 1 aliphatic heterocycles. The summed E-state index contributed by atoms with van der Waals surface area (Å²) in [5, 5.41) is 10.1. The molecular weight excluding hydrogens is 217 g/mol. The zero-order valence-corrected chi connectivity index (χ0v) is 8.50. The Hall–Kier alpha value is -1.36. The van der Waals surface area contributed by atoms with Crippen molar-refractivity contribution in [3.63, 3.8) is 0 Å². The average molecular weight is 225 g/mol. The van der Waals surface area contributed by atoms with Gasteiger partial charge in [0.05, 0.1) is 0 Å². The molecule has 15 heavy (non-hydrogen) atoms. The lowest BCUT2D eigenvalue weighted by Gasteiger charge is -2.02. The molecule has 1 atom stereocenters. The number of phenolic OH excluding ortho intramolecular Hbond substituents is 1. The van der Waals surface area contributed by atoms with Gasteiger partial charge in [-0.25, -0.2) is 4.39 Å². The SMILES string of the molecule is O=CC1CSC(c2ccc(F)cc2O)=N1. The molecule has 1 aromatic carbocycles. The van der Waals surface area contributed by atoms with Crippen LogP contribution in [0.2, 0.25) is 0 Å². The Morgan fingerprint density at radius 2 is 2.40 bits per heavy atom. The van der Waals surface area contributed by atoms with E-state index in [0.29, 0.717) is 16.4 Å². The van der Waals surface area contributed by atoms with Gasteiger partial charge in [0.2, 0.25) is 0 Å². The Morgan fingerprint density at radius 3 is 3.00 bits per heavy atom. The van der Waals surface area contributed by atoms with Crippen molar-refractivity contribution in [2.24, 2.45) is 4.99 Å². The summed E-state index contributed by atoms with van der Waals surface area (Å²) in [6.45, 7) is 0. The van der Waals surface area contributed by atoms with Gasteiger partial charge in [0, 0.05) is 17.4 Å². The van der Waals surface area contributed by atoms with Gasteiger partial charge in [0.15, 0.2) is 0 Å². The number of aliphatic imine (C=N–C) groups is 1. The number of nitrogens with zero attached hydrogens (tertiary/aromatic N) is 1. The zero-order chi connectivity index (χ0) is 10.8. The number of thioether (sulfide) groups is 1. The van der Waals surface area contributed by atoms with Crippen molar-refractivity contribution in [1.29, 1.82) is 0 Å². The van der Waals surface area contributed by atoms with Crippen molar-refractivity contribution >= 4 is 23.1 Å². The fourth-order valence-corrected chi connectivity index (χ4v) is 2.31. The molecule has 0 saturated carbocycles. The summed E-state index contributed by atoms with van der Waals surface area (Å²) >= 11 is 1.38. The molecule has 0 amide bonds. The number of rotatable bonds is 2. The van der Waals surface area contributed by atoms with E-state index in [4.69, 9.17) is 0 Å².